The van der Waals surface area contributed by atoms with Crippen LogP contribution < -0.4 is 9.47 Å². The molecule has 3 heterocycles. The maximum atomic E-state index is 13.2. The minimum Gasteiger partial charge on any atom is -0.478 e. The summed E-state index contributed by atoms with van der Waals surface area (Å²) in [4.78, 5) is 17.9. The second-order valence-corrected chi connectivity index (χ2v) is 9.40. The van der Waals surface area contributed by atoms with Gasteiger partial charge in [-0.1, -0.05) is 29.3 Å². The number of ketones is 1. The summed E-state index contributed by atoms with van der Waals surface area (Å²) in [5.74, 6) is 1.43. The second-order valence-electron chi connectivity index (χ2n) is 8.58. The topological polar surface area (TPSA) is 51.2 Å². The number of allylic oxidation sites excluding steroid dienone is 1. The van der Waals surface area contributed by atoms with Crippen molar-refractivity contribution in [1.82, 2.24) is 9.80 Å². The van der Waals surface area contributed by atoms with Gasteiger partial charge in [-0.3, -0.25) is 14.6 Å². The van der Waals surface area contributed by atoms with E-state index in [1.165, 1.54) is 0 Å². The first kappa shape index (κ1) is 22.7. The molecular formula is C25H26Cl2N2O4. The summed E-state index contributed by atoms with van der Waals surface area (Å²) < 4.78 is 17.6. The highest BCUT2D eigenvalue weighted by Gasteiger charge is 2.35. The van der Waals surface area contributed by atoms with Crippen LogP contribution in [0, 0.1) is 6.92 Å². The van der Waals surface area contributed by atoms with Gasteiger partial charge in [0.05, 0.1) is 24.3 Å². The Morgan fingerprint density at radius 3 is 2.58 bits per heavy atom. The lowest BCUT2D eigenvalue weighted by Gasteiger charge is -2.31. The number of hydrogen-bond donors (Lipinski definition) is 0. The van der Waals surface area contributed by atoms with Crippen LogP contribution in [0.5, 0.6) is 11.5 Å². The van der Waals surface area contributed by atoms with Gasteiger partial charge in [-0.05, 0) is 49.7 Å². The molecule has 174 valence electrons. The Hall–Kier alpha value is -2.09. The number of nitrogens with zero attached hydrogens (tertiary/aromatic N) is 2. The molecule has 0 aliphatic carbocycles. The normalized spacial score (nSPS) is 19.8. The quantitative estimate of drug-likeness (QED) is 0.563. The maximum Gasteiger partial charge on any atom is 0.232 e. The summed E-state index contributed by atoms with van der Waals surface area (Å²) in [5.41, 5.74) is 2.91. The lowest BCUT2D eigenvalue weighted by atomic mass is 9.98. The Bertz CT molecular complexity index is 1090. The number of aryl methyl sites for hydroxylation is 1. The molecule has 0 amide bonds. The SMILES string of the molecule is Cc1cc2c(c3c1C(=O)/C(=C/c1c(Cl)cccc1Cl)O3)CN(CCCN1CCOCC1)CO2. The molecule has 0 radical (unpaired) electrons. The first-order valence-electron chi connectivity index (χ1n) is 11.2. The number of rotatable bonds is 5. The highest BCUT2D eigenvalue weighted by Crippen LogP contribution is 2.44. The largest absolute Gasteiger partial charge is 0.478 e. The first-order valence-corrected chi connectivity index (χ1v) is 12.0. The van der Waals surface area contributed by atoms with E-state index in [0.717, 1.165) is 62.7 Å². The molecule has 8 heteroatoms. The van der Waals surface area contributed by atoms with Gasteiger partial charge in [0.25, 0.3) is 0 Å². The average Bonchev–Trinajstić information content (AvgIpc) is 3.14. The van der Waals surface area contributed by atoms with E-state index in [4.69, 9.17) is 37.4 Å². The molecule has 0 atom stereocenters. The smallest absolute Gasteiger partial charge is 0.232 e. The van der Waals surface area contributed by atoms with Gasteiger partial charge in [-0.25, -0.2) is 0 Å². The molecule has 33 heavy (non-hydrogen) atoms. The van der Waals surface area contributed by atoms with Crippen molar-refractivity contribution in [1.29, 1.82) is 0 Å². The number of halogens is 2. The number of morpholine rings is 1. The molecule has 0 saturated carbocycles. The van der Waals surface area contributed by atoms with Gasteiger partial charge in [0.15, 0.2) is 5.76 Å². The van der Waals surface area contributed by atoms with Crippen LogP contribution >= 0.6 is 23.2 Å². The molecule has 1 fully saturated rings. The van der Waals surface area contributed by atoms with Crippen LogP contribution in [-0.4, -0.2) is 61.7 Å². The third-order valence-electron chi connectivity index (χ3n) is 6.32. The fourth-order valence-corrected chi connectivity index (χ4v) is 5.05. The fourth-order valence-electron chi connectivity index (χ4n) is 4.54. The zero-order valence-electron chi connectivity index (χ0n) is 18.5. The van der Waals surface area contributed by atoms with Crippen LogP contribution in [0.2, 0.25) is 10.0 Å². The van der Waals surface area contributed by atoms with Crippen LogP contribution in [0.3, 0.4) is 0 Å². The lowest BCUT2D eigenvalue weighted by molar-refractivity contribution is 0.0329. The molecule has 0 aromatic heterocycles. The Balaban J connectivity index is 1.35. The third-order valence-corrected chi connectivity index (χ3v) is 6.97. The molecule has 0 spiro atoms. The van der Waals surface area contributed by atoms with Crippen molar-refractivity contribution in [2.24, 2.45) is 0 Å². The van der Waals surface area contributed by atoms with Gasteiger partial charge in [0, 0.05) is 41.8 Å². The molecule has 3 aliphatic rings. The monoisotopic (exact) mass is 488 g/mol. The highest BCUT2D eigenvalue weighted by molar-refractivity contribution is 6.37. The standard InChI is InChI=1S/C25H26Cl2N2O4/c1-16-12-21-18(14-29(15-32-21)7-3-6-28-8-10-31-11-9-28)25-23(16)24(30)22(33-25)13-17-19(26)4-2-5-20(17)27/h2,4-5,12-13H,3,6-11,14-15H2,1H3/b22-13-. The molecule has 0 bridgehead atoms. The predicted octanol–water partition coefficient (Wildman–Crippen LogP) is 4.79. The van der Waals surface area contributed by atoms with Crippen LogP contribution in [0.4, 0.5) is 0 Å². The average molecular weight is 489 g/mol. The molecule has 0 N–H and O–H groups in total. The van der Waals surface area contributed by atoms with E-state index in [9.17, 15) is 4.79 Å². The molecule has 1 saturated heterocycles. The molecule has 0 unspecified atom stereocenters. The van der Waals surface area contributed by atoms with Crippen LogP contribution in [0.15, 0.2) is 30.0 Å². The summed E-state index contributed by atoms with van der Waals surface area (Å²) >= 11 is 12.6. The van der Waals surface area contributed by atoms with Gasteiger partial charge < -0.3 is 14.2 Å². The van der Waals surface area contributed by atoms with Crippen molar-refractivity contribution < 1.29 is 19.0 Å². The molecule has 2 aromatic rings. The fraction of sp³-hybridized carbons (Fsp3) is 0.400. The van der Waals surface area contributed by atoms with E-state index in [2.05, 4.69) is 9.80 Å². The van der Waals surface area contributed by atoms with Crippen LogP contribution in [0.25, 0.3) is 6.08 Å². The number of fused-ring (bicyclic) bond motifs is 3. The molecule has 3 aliphatic heterocycles. The third kappa shape index (κ3) is 4.63. The van der Waals surface area contributed by atoms with Gasteiger partial charge in [0.1, 0.15) is 18.2 Å². The summed E-state index contributed by atoms with van der Waals surface area (Å²) in [5, 5.41) is 0.937. The molecule has 5 rings (SSSR count). The van der Waals surface area contributed by atoms with E-state index >= 15 is 0 Å². The van der Waals surface area contributed by atoms with Gasteiger partial charge >= 0.3 is 0 Å². The Labute approximate surface area is 203 Å². The van der Waals surface area contributed by atoms with Crippen molar-refractivity contribution in [3.05, 3.63) is 62.3 Å². The zero-order chi connectivity index (χ0) is 22.9. The van der Waals surface area contributed by atoms with Crippen molar-refractivity contribution >= 4 is 35.1 Å². The maximum absolute atomic E-state index is 13.2. The predicted molar refractivity (Wildman–Crippen MR) is 128 cm³/mol. The van der Waals surface area contributed by atoms with Gasteiger partial charge in [0.2, 0.25) is 5.78 Å². The molecular weight excluding hydrogens is 463 g/mol. The Morgan fingerprint density at radius 1 is 1.09 bits per heavy atom. The molecule has 6 nitrogen and oxygen atoms in total. The Kier molecular flexibility index (Phi) is 6.63. The van der Waals surface area contributed by atoms with E-state index in [1.54, 1.807) is 24.3 Å². The van der Waals surface area contributed by atoms with Gasteiger partial charge in [-0.2, -0.15) is 0 Å². The summed E-state index contributed by atoms with van der Waals surface area (Å²) in [6.45, 7) is 8.67. The number of carbonyl (C=O) groups is 1. The van der Waals surface area contributed by atoms with Crippen LogP contribution in [0.1, 0.15) is 33.5 Å². The van der Waals surface area contributed by atoms with Gasteiger partial charge in [-0.15, -0.1) is 0 Å². The van der Waals surface area contributed by atoms with E-state index in [1.807, 2.05) is 13.0 Å². The lowest BCUT2D eigenvalue weighted by Crippen LogP contribution is -2.39. The number of ether oxygens (including phenoxy) is 3. The minimum atomic E-state index is -0.161. The summed E-state index contributed by atoms with van der Waals surface area (Å²) in [6.07, 6.45) is 2.67. The van der Waals surface area contributed by atoms with Crippen molar-refractivity contribution in [3.8, 4) is 11.5 Å². The zero-order valence-corrected chi connectivity index (χ0v) is 20.0. The summed E-state index contributed by atoms with van der Waals surface area (Å²) in [6, 6.07) is 7.18. The number of carbonyl (C=O) groups excluding carboxylic acids is 1. The van der Waals surface area contributed by atoms with Crippen molar-refractivity contribution in [3.63, 3.8) is 0 Å². The van der Waals surface area contributed by atoms with E-state index < -0.39 is 0 Å². The number of hydrogen-bond acceptors (Lipinski definition) is 6. The minimum absolute atomic E-state index is 0.161. The molecule has 2 aromatic carbocycles. The summed E-state index contributed by atoms with van der Waals surface area (Å²) in [7, 11) is 0. The second kappa shape index (κ2) is 9.65. The first-order chi connectivity index (χ1) is 16.0. The van der Waals surface area contributed by atoms with E-state index in [-0.39, 0.29) is 11.5 Å². The van der Waals surface area contributed by atoms with Crippen LogP contribution in [-0.2, 0) is 11.3 Å². The number of benzene rings is 2. The van der Waals surface area contributed by atoms with Crippen molar-refractivity contribution in [2.75, 3.05) is 46.1 Å². The Morgan fingerprint density at radius 2 is 1.82 bits per heavy atom. The number of Topliss-reactive ketones (excluding diaryl/α,β-unsaturated/α-hetero) is 1. The van der Waals surface area contributed by atoms with E-state index in [0.29, 0.717) is 40.2 Å². The van der Waals surface area contributed by atoms with Crippen molar-refractivity contribution in [2.45, 2.75) is 19.9 Å². The highest BCUT2D eigenvalue weighted by atomic mass is 35.5.